The highest BCUT2D eigenvalue weighted by Gasteiger charge is 2.71. The lowest BCUT2D eigenvalue weighted by atomic mass is 9.49. The number of alkyl halides is 3. The molecule has 6 unspecified atom stereocenters. The molecule has 2 N–H and O–H groups in total. The van der Waals surface area contributed by atoms with Crippen molar-refractivity contribution in [1.29, 1.82) is 0 Å². The molecule has 3 aromatic carbocycles. The molecule has 18 heteroatoms. The number of methoxy groups -OCH3 is 2. The fraction of sp³-hybridized carbons (Fsp3) is 0.293. The second-order valence-corrected chi connectivity index (χ2v) is 15.9. The first kappa shape index (κ1) is 40.3. The zero-order valence-corrected chi connectivity index (χ0v) is 33.5. The van der Waals surface area contributed by atoms with Gasteiger partial charge in [0.15, 0.2) is 5.82 Å². The first-order chi connectivity index (χ1) is 28.0. The molecule has 8 rings (SSSR count). The third-order valence-corrected chi connectivity index (χ3v) is 12.7. The van der Waals surface area contributed by atoms with E-state index < -0.39 is 76.3 Å². The first-order valence-electron chi connectivity index (χ1n) is 18.2. The summed E-state index contributed by atoms with van der Waals surface area (Å²) in [5.74, 6) is -7.94. The molecule has 0 radical (unpaired) electrons. The molecule has 12 nitrogen and oxygen atoms in total. The quantitative estimate of drug-likeness (QED) is 0.133. The minimum absolute atomic E-state index is 0.0000923. The Bertz CT molecular complexity index is 2470. The van der Waals surface area contributed by atoms with Gasteiger partial charge in [0.25, 0.3) is 23.6 Å². The molecule has 1 aromatic heterocycles. The van der Waals surface area contributed by atoms with Crippen molar-refractivity contribution >= 4 is 69.9 Å². The lowest BCUT2D eigenvalue weighted by Gasteiger charge is -2.50. The number of nitrogens with zero attached hydrogens (tertiary/aromatic N) is 4. The number of phenolic OH excluding ortho intramolecular Hbond substituents is 1. The fourth-order valence-corrected chi connectivity index (χ4v) is 9.99. The minimum atomic E-state index is -4.85. The van der Waals surface area contributed by atoms with E-state index in [4.69, 9.17) is 44.3 Å². The second-order valence-electron chi connectivity index (χ2n) is 14.7. The topological polar surface area (TPSA) is 142 Å². The van der Waals surface area contributed by atoms with Gasteiger partial charge in [0.05, 0.1) is 53.1 Å². The zero-order chi connectivity index (χ0) is 42.3. The first-order valence-corrected chi connectivity index (χ1v) is 19.3. The summed E-state index contributed by atoms with van der Waals surface area (Å²) in [6.45, 7) is 0. The number of aromatic nitrogens is 1. The number of benzene rings is 3. The number of aromatic hydroxyl groups is 1. The number of nitrogens with one attached hydrogen (secondary N) is 1. The molecule has 3 heterocycles. The van der Waals surface area contributed by atoms with Crippen LogP contribution < -0.4 is 19.9 Å². The number of rotatable bonds is 8. The van der Waals surface area contributed by atoms with E-state index in [0.717, 1.165) is 21.1 Å². The lowest BCUT2D eigenvalue weighted by Crippen LogP contribution is -2.53. The molecular weight excluding hydrogens is 838 g/mol. The van der Waals surface area contributed by atoms with Crippen molar-refractivity contribution in [2.75, 3.05) is 31.7 Å². The zero-order valence-electron chi connectivity index (χ0n) is 31.3. The summed E-state index contributed by atoms with van der Waals surface area (Å²) in [6.07, 6.45) is -3.16. The number of ether oxygens (including phenoxy) is 2. The highest BCUT2D eigenvalue weighted by Crippen LogP contribution is 2.65. The highest BCUT2D eigenvalue weighted by molar-refractivity contribution is 6.36. The van der Waals surface area contributed by atoms with Gasteiger partial charge in [-0.1, -0.05) is 64.7 Å². The Morgan fingerprint density at radius 1 is 0.881 bits per heavy atom. The predicted octanol–water partition coefficient (Wildman–Crippen LogP) is 7.82. The number of hydrazine groups is 2. The van der Waals surface area contributed by atoms with Crippen LogP contribution in [-0.2, 0) is 30.8 Å². The van der Waals surface area contributed by atoms with Crippen LogP contribution in [-0.4, -0.2) is 65.0 Å². The summed E-state index contributed by atoms with van der Waals surface area (Å²) < 4.78 is 52.5. The van der Waals surface area contributed by atoms with E-state index in [1.54, 1.807) is 36.4 Å². The van der Waals surface area contributed by atoms with Crippen LogP contribution in [0.4, 0.5) is 24.7 Å². The van der Waals surface area contributed by atoms with E-state index in [0.29, 0.717) is 33.5 Å². The second kappa shape index (κ2) is 14.6. The van der Waals surface area contributed by atoms with Crippen LogP contribution in [0.2, 0.25) is 15.1 Å². The monoisotopic (exact) mass is 869 g/mol. The Morgan fingerprint density at radius 3 is 2.27 bits per heavy atom. The molecule has 4 amide bonds. The third kappa shape index (κ3) is 6.24. The van der Waals surface area contributed by atoms with Gasteiger partial charge in [0.2, 0.25) is 0 Å². The van der Waals surface area contributed by atoms with Gasteiger partial charge in [-0.3, -0.25) is 29.6 Å². The number of imide groups is 2. The Labute approximate surface area is 350 Å². The SMILES string of the molecule is COc1ccc(C23C(=O)N(Nc4ccc(Cl)cc4Cl)C(=O)C2CC2C(=CCC4C(=O)N(N(C)c5nc(C(F)(F)F)ccc5Cl)C(=O)C42)C3c2ccc(O)cc2OC)cc1. The van der Waals surface area contributed by atoms with E-state index in [1.165, 1.54) is 51.6 Å². The van der Waals surface area contributed by atoms with Gasteiger partial charge in [-0.25, -0.2) is 4.98 Å². The third-order valence-electron chi connectivity index (χ3n) is 11.8. The van der Waals surface area contributed by atoms with Crippen molar-refractivity contribution in [3.63, 3.8) is 0 Å². The lowest BCUT2D eigenvalue weighted by molar-refractivity contribution is -0.142. The van der Waals surface area contributed by atoms with Crippen LogP contribution in [0, 0.1) is 23.7 Å². The van der Waals surface area contributed by atoms with Gasteiger partial charge in [-0.2, -0.15) is 23.2 Å². The maximum absolute atomic E-state index is 15.5. The van der Waals surface area contributed by atoms with Crippen molar-refractivity contribution in [1.82, 2.24) is 15.0 Å². The van der Waals surface area contributed by atoms with Crippen LogP contribution in [0.5, 0.6) is 17.2 Å². The molecule has 3 fully saturated rings. The highest BCUT2D eigenvalue weighted by atomic mass is 35.5. The number of fused-ring (bicyclic) bond motifs is 4. The largest absolute Gasteiger partial charge is 0.508 e. The van der Waals surface area contributed by atoms with Gasteiger partial charge in [0.1, 0.15) is 22.9 Å². The molecule has 2 saturated heterocycles. The average molecular weight is 871 g/mol. The van der Waals surface area contributed by atoms with Crippen molar-refractivity contribution in [2.24, 2.45) is 23.7 Å². The minimum Gasteiger partial charge on any atom is -0.508 e. The summed E-state index contributed by atoms with van der Waals surface area (Å²) in [7, 11) is 4.09. The van der Waals surface area contributed by atoms with E-state index in [-0.39, 0.29) is 40.1 Å². The van der Waals surface area contributed by atoms with Crippen molar-refractivity contribution in [2.45, 2.75) is 30.4 Å². The number of amides is 4. The number of hydrogen-bond acceptors (Lipinski definition) is 10. The number of carbonyl (C=O) groups excluding carboxylic acids is 4. The molecular formula is C41H33Cl3F3N5O7. The summed E-state index contributed by atoms with van der Waals surface area (Å²) in [5.41, 5.74) is 1.49. The summed E-state index contributed by atoms with van der Waals surface area (Å²) in [5, 5.41) is 13.3. The Balaban J connectivity index is 1.31. The number of carbonyl (C=O) groups is 4. The standard InChI is InChI=1S/C41H33Cl3F3N5O7/c1-50(35-28(43)13-15-32(48-35)41(45,46)47)52-36(54)25-12-11-23-26(33(25)38(52)56)18-27-37(55)51(49-30-14-6-20(42)16-29(30)44)39(57)40(27,19-4-8-22(58-2)9-5-19)34(23)24-10-7-21(53)17-31(24)59-3/h4-11,13-17,25-27,33-34,49,53H,12,18H2,1-3H3. The van der Waals surface area contributed by atoms with Crippen LogP contribution >= 0.6 is 34.8 Å². The van der Waals surface area contributed by atoms with Gasteiger partial charge >= 0.3 is 6.18 Å². The Kier molecular flexibility index (Phi) is 10.00. The fourth-order valence-electron chi connectivity index (χ4n) is 9.32. The molecule has 2 aliphatic heterocycles. The number of hydrogen-bond donors (Lipinski definition) is 2. The number of phenols is 1. The normalized spacial score (nSPS) is 25.0. The number of pyridine rings is 1. The number of halogens is 6. The average Bonchev–Trinajstić information content (AvgIpc) is 3.58. The van der Waals surface area contributed by atoms with Crippen LogP contribution in [0.3, 0.4) is 0 Å². The van der Waals surface area contributed by atoms with E-state index in [1.807, 2.05) is 0 Å². The molecule has 4 aromatic rings. The van der Waals surface area contributed by atoms with Gasteiger partial charge in [-0.15, -0.1) is 0 Å². The van der Waals surface area contributed by atoms with Crippen molar-refractivity contribution in [3.05, 3.63) is 116 Å². The smallest absolute Gasteiger partial charge is 0.433 e. The molecule has 306 valence electrons. The predicted molar refractivity (Wildman–Crippen MR) is 210 cm³/mol. The van der Waals surface area contributed by atoms with E-state index >= 15 is 9.59 Å². The van der Waals surface area contributed by atoms with E-state index in [9.17, 15) is 27.9 Å². The molecule has 0 spiro atoms. The molecule has 4 aliphatic rings. The molecule has 6 atom stereocenters. The van der Waals surface area contributed by atoms with Gasteiger partial charge in [-0.05, 0) is 72.9 Å². The van der Waals surface area contributed by atoms with Gasteiger partial charge in [0, 0.05) is 29.6 Å². The van der Waals surface area contributed by atoms with E-state index in [2.05, 4.69) is 10.4 Å². The Morgan fingerprint density at radius 2 is 1.61 bits per heavy atom. The maximum Gasteiger partial charge on any atom is 0.433 e. The van der Waals surface area contributed by atoms with Gasteiger partial charge < -0.3 is 14.6 Å². The molecule has 2 aliphatic carbocycles. The number of anilines is 2. The Hall–Kier alpha value is -5.51. The summed E-state index contributed by atoms with van der Waals surface area (Å²) >= 11 is 19.0. The molecule has 1 saturated carbocycles. The van der Waals surface area contributed by atoms with Crippen molar-refractivity contribution in [3.8, 4) is 17.2 Å². The van der Waals surface area contributed by atoms with Crippen LogP contribution in [0.25, 0.3) is 0 Å². The maximum atomic E-state index is 15.5. The molecule has 59 heavy (non-hydrogen) atoms. The number of allylic oxidation sites excluding steroid dienone is 2. The summed E-state index contributed by atoms with van der Waals surface area (Å²) in [4.78, 5) is 63.1. The molecule has 0 bridgehead atoms. The van der Waals surface area contributed by atoms with Crippen LogP contribution in [0.1, 0.15) is 35.6 Å². The van der Waals surface area contributed by atoms with Crippen molar-refractivity contribution < 1.29 is 46.9 Å². The van der Waals surface area contributed by atoms with Crippen LogP contribution in [0.15, 0.2) is 84.4 Å². The summed E-state index contributed by atoms with van der Waals surface area (Å²) in [6, 6.07) is 17.2.